The minimum absolute atomic E-state index is 0.105. The maximum Gasteiger partial charge on any atom is 0.409 e. The van der Waals surface area contributed by atoms with Crippen LogP contribution in [0.5, 0.6) is 0 Å². The summed E-state index contributed by atoms with van der Waals surface area (Å²) in [6, 6.07) is 17.6. The molecule has 2 rings (SSSR count). The predicted molar refractivity (Wildman–Crippen MR) is 131 cm³/mol. The summed E-state index contributed by atoms with van der Waals surface area (Å²) in [4.78, 5) is 26.3. The van der Waals surface area contributed by atoms with Crippen molar-refractivity contribution in [3.8, 4) is 0 Å². The van der Waals surface area contributed by atoms with Crippen molar-refractivity contribution in [2.45, 2.75) is 45.6 Å². The highest BCUT2D eigenvalue weighted by Gasteiger charge is 2.26. The first-order valence-electron chi connectivity index (χ1n) is 10.5. The molecule has 31 heavy (non-hydrogen) atoms. The van der Waals surface area contributed by atoms with E-state index in [2.05, 4.69) is 36.4 Å². The first-order chi connectivity index (χ1) is 14.7. The van der Waals surface area contributed by atoms with Gasteiger partial charge in [0, 0.05) is 17.2 Å². The second-order valence-corrected chi connectivity index (χ2v) is 9.83. The number of nitrogens with zero attached hydrogens (tertiary/aromatic N) is 1. The third kappa shape index (κ3) is 8.51. The SMILES string of the molecule is COC(=O)C(CCCC(C)(C)CN(C)C(=O)OCc1ccccc1)c1cccc(I)c1. The first-order valence-corrected chi connectivity index (χ1v) is 11.5. The zero-order valence-corrected chi connectivity index (χ0v) is 20.9. The van der Waals surface area contributed by atoms with E-state index in [4.69, 9.17) is 9.47 Å². The van der Waals surface area contributed by atoms with E-state index in [1.54, 1.807) is 11.9 Å². The highest BCUT2D eigenvalue weighted by Crippen LogP contribution is 2.30. The first kappa shape index (κ1) is 25.2. The Balaban J connectivity index is 1.86. The van der Waals surface area contributed by atoms with Crippen molar-refractivity contribution < 1.29 is 19.1 Å². The molecule has 0 aromatic heterocycles. The van der Waals surface area contributed by atoms with E-state index in [0.717, 1.165) is 27.5 Å². The van der Waals surface area contributed by atoms with Gasteiger partial charge in [0.05, 0.1) is 13.0 Å². The van der Waals surface area contributed by atoms with Gasteiger partial charge < -0.3 is 14.4 Å². The minimum atomic E-state index is -0.330. The number of amides is 1. The van der Waals surface area contributed by atoms with E-state index < -0.39 is 0 Å². The standard InChI is InChI=1S/C25H32INO4/c1-25(2,18-27(3)24(29)31-17-19-10-6-5-7-11-19)15-9-14-22(23(28)30-4)20-12-8-13-21(26)16-20/h5-8,10-13,16,22H,9,14-15,17-18H2,1-4H3. The lowest BCUT2D eigenvalue weighted by molar-refractivity contribution is -0.142. The van der Waals surface area contributed by atoms with Gasteiger partial charge >= 0.3 is 12.1 Å². The molecule has 168 valence electrons. The molecule has 1 unspecified atom stereocenters. The van der Waals surface area contributed by atoms with Crippen LogP contribution in [-0.4, -0.2) is 37.7 Å². The molecule has 2 aromatic carbocycles. The number of esters is 1. The fourth-order valence-electron chi connectivity index (χ4n) is 3.69. The Morgan fingerprint density at radius 2 is 1.81 bits per heavy atom. The van der Waals surface area contributed by atoms with Crippen molar-refractivity contribution in [3.05, 3.63) is 69.3 Å². The van der Waals surface area contributed by atoms with Gasteiger partial charge in [-0.1, -0.05) is 62.7 Å². The summed E-state index contributed by atoms with van der Waals surface area (Å²) in [5, 5.41) is 0. The molecule has 1 atom stereocenters. The quantitative estimate of drug-likeness (QED) is 0.275. The van der Waals surface area contributed by atoms with Gasteiger partial charge in [-0.05, 0) is 64.1 Å². The Hall–Kier alpha value is -2.09. The minimum Gasteiger partial charge on any atom is -0.469 e. The van der Waals surface area contributed by atoms with E-state index in [1.807, 2.05) is 54.6 Å². The Morgan fingerprint density at radius 1 is 1.10 bits per heavy atom. The summed E-state index contributed by atoms with van der Waals surface area (Å²) in [6.07, 6.45) is 2.10. The van der Waals surface area contributed by atoms with Crippen LogP contribution >= 0.6 is 22.6 Å². The summed E-state index contributed by atoms with van der Waals surface area (Å²) in [6.45, 7) is 5.10. The molecule has 0 radical (unpaired) electrons. The summed E-state index contributed by atoms with van der Waals surface area (Å²) >= 11 is 2.25. The zero-order chi connectivity index (χ0) is 22.9. The highest BCUT2D eigenvalue weighted by atomic mass is 127. The van der Waals surface area contributed by atoms with Crippen molar-refractivity contribution in [1.82, 2.24) is 4.90 Å². The number of carbonyl (C=O) groups excluding carboxylic acids is 2. The molecule has 0 aliphatic carbocycles. The normalized spacial score (nSPS) is 12.2. The summed E-state index contributed by atoms with van der Waals surface area (Å²) < 4.78 is 11.6. The van der Waals surface area contributed by atoms with Gasteiger partial charge in [0.1, 0.15) is 6.61 Å². The molecule has 0 heterocycles. The largest absolute Gasteiger partial charge is 0.469 e. The van der Waals surface area contributed by atoms with Crippen molar-refractivity contribution in [2.75, 3.05) is 20.7 Å². The number of methoxy groups -OCH3 is 1. The van der Waals surface area contributed by atoms with Gasteiger partial charge in [0.2, 0.25) is 0 Å². The molecule has 5 nitrogen and oxygen atoms in total. The maximum atomic E-state index is 12.4. The molecule has 1 amide bonds. The molecule has 0 saturated carbocycles. The van der Waals surface area contributed by atoms with Gasteiger partial charge in [-0.15, -0.1) is 0 Å². The molecule has 0 bridgehead atoms. The summed E-state index contributed by atoms with van der Waals surface area (Å²) in [5.41, 5.74) is 1.85. The van der Waals surface area contributed by atoms with E-state index in [-0.39, 0.29) is 30.0 Å². The van der Waals surface area contributed by atoms with Crippen molar-refractivity contribution in [1.29, 1.82) is 0 Å². The average Bonchev–Trinajstić information content (AvgIpc) is 2.74. The van der Waals surface area contributed by atoms with Crippen LogP contribution in [0.25, 0.3) is 0 Å². The third-order valence-electron chi connectivity index (χ3n) is 5.27. The maximum absolute atomic E-state index is 12.4. The van der Waals surface area contributed by atoms with Crippen LogP contribution in [-0.2, 0) is 20.9 Å². The van der Waals surface area contributed by atoms with E-state index >= 15 is 0 Å². The van der Waals surface area contributed by atoms with Gasteiger partial charge in [-0.25, -0.2) is 4.79 Å². The van der Waals surface area contributed by atoms with Gasteiger partial charge in [0.15, 0.2) is 0 Å². The summed E-state index contributed by atoms with van der Waals surface area (Å²) in [7, 11) is 3.20. The molecule has 0 spiro atoms. The lowest BCUT2D eigenvalue weighted by Gasteiger charge is -2.30. The second-order valence-electron chi connectivity index (χ2n) is 8.58. The Bertz CT molecular complexity index is 854. The van der Waals surface area contributed by atoms with Crippen LogP contribution in [0.15, 0.2) is 54.6 Å². The van der Waals surface area contributed by atoms with Crippen LogP contribution in [0.2, 0.25) is 0 Å². The van der Waals surface area contributed by atoms with Crippen LogP contribution < -0.4 is 0 Å². The van der Waals surface area contributed by atoms with Gasteiger partial charge in [-0.2, -0.15) is 0 Å². The van der Waals surface area contributed by atoms with Crippen LogP contribution in [0.1, 0.15) is 50.2 Å². The van der Waals surface area contributed by atoms with Crippen molar-refractivity contribution >= 4 is 34.7 Å². The van der Waals surface area contributed by atoms with Crippen LogP contribution in [0, 0.1) is 8.99 Å². The molecule has 0 aliphatic heterocycles. The number of carbonyl (C=O) groups is 2. The molecule has 0 saturated heterocycles. The Morgan fingerprint density at radius 3 is 2.45 bits per heavy atom. The smallest absolute Gasteiger partial charge is 0.409 e. The Labute approximate surface area is 199 Å². The number of benzene rings is 2. The van der Waals surface area contributed by atoms with Crippen molar-refractivity contribution in [2.24, 2.45) is 5.41 Å². The fourth-order valence-corrected chi connectivity index (χ4v) is 4.25. The van der Waals surface area contributed by atoms with Crippen LogP contribution in [0.3, 0.4) is 0 Å². The molecular weight excluding hydrogens is 505 g/mol. The molecule has 0 N–H and O–H groups in total. The van der Waals surface area contributed by atoms with Gasteiger partial charge in [0.25, 0.3) is 0 Å². The molecule has 2 aromatic rings. The van der Waals surface area contributed by atoms with E-state index in [9.17, 15) is 9.59 Å². The number of hydrogen-bond donors (Lipinski definition) is 0. The fraction of sp³-hybridized carbons (Fsp3) is 0.440. The lowest BCUT2D eigenvalue weighted by atomic mass is 9.84. The number of hydrogen-bond acceptors (Lipinski definition) is 4. The third-order valence-corrected chi connectivity index (χ3v) is 5.94. The van der Waals surface area contributed by atoms with Gasteiger partial charge in [-0.3, -0.25) is 4.79 Å². The molecule has 6 heteroatoms. The number of halogens is 1. The number of rotatable bonds is 10. The Kier molecular flexibility index (Phi) is 9.81. The molecule has 0 fully saturated rings. The summed E-state index contributed by atoms with van der Waals surface area (Å²) in [5.74, 6) is -0.481. The lowest BCUT2D eigenvalue weighted by Crippen LogP contribution is -2.36. The highest BCUT2D eigenvalue weighted by molar-refractivity contribution is 14.1. The second kappa shape index (κ2) is 12.1. The van der Waals surface area contributed by atoms with Crippen molar-refractivity contribution in [3.63, 3.8) is 0 Å². The zero-order valence-electron chi connectivity index (χ0n) is 18.8. The van der Waals surface area contributed by atoms with E-state index in [1.165, 1.54) is 7.11 Å². The van der Waals surface area contributed by atoms with E-state index in [0.29, 0.717) is 13.0 Å². The topological polar surface area (TPSA) is 55.8 Å². The monoisotopic (exact) mass is 537 g/mol. The molecular formula is C25H32INO4. The van der Waals surface area contributed by atoms with Crippen LogP contribution in [0.4, 0.5) is 4.79 Å². The molecule has 0 aliphatic rings. The predicted octanol–water partition coefficient (Wildman–Crippen LogP) is 6.01. The average molecular weight is 537 g/mol. The number of ether oxygens (including phenoxy) is 2.